The molecular formula is C20H19F2N5O5. The first-order valence-electron chi connectivity index (χ1n) is 9.28. The van der Waals surface area contributed by atoms with E-state index in [1.54, 1.807) is 26.1 Å². The Bertz CT molecular complexity index is 1190. The third-order valence-corrected chi connectivity index (χ3v) is 4.36. The van der Waals surface area contributed by atoms with E-state index in [0.717, 1.165) is 12.1 Å². The normalized spacial score (nSPS) is 10.6. The lowest BCUT2D eigenvalue weighted by Crippen LogP contribution is -2.46. The maximum Gasteiger partial charge on any atom is 0.405 e. The van der Waals surface area contributed by atoms with Crippen molar-refractivity contribution in [2.24, 2.45) is 0 Å². The standard InChI is InChI=1S/C20H19F2N5O5/c1-10-6-15(32-9-12-13(21)4-3-5-14(12)22)18-24-11(2)17(27(18)8-10)19(29)26-25-16(28)7-23-20(30)31/h3-6,8,23H,7,9H2,1-2H3,(H,25,28)(H,26,29)(H,30,31). The van der Waals surface area contributed by atoms with Crippen LogP contribution in [0.4, 0.5) is 13.6 Å². The molecule has 2 heterocycles. The van der Waals surface area contributed by atoms with Gasteiger partial charge in [0.15, 0.2) is 11.4 Å². The SMILES string of the molecule is Cc1cc(OCc2c(F)cccc2F)c2nc(C)c(C(=O)NNC(=O)CNC(=O)O)n2c1. The predicted molar refractivity (Wildman–Crippen MR) is 107 cm³/mol. The Balaban J connectivity index is 1.83. The number of halogens is 2. The summed E-state index contributed by atoms with van der Waals surface area (Å²) in [5, 5.41) is 10.4. The Morgan fingerprint density at radius 1 is 1.16 bits per heavy atom. The first-order valence-corrected chi connectivity index (χ1v) is 9.28. The van der Waals surface area contributed by atoms with Crippen molar-refractivity contribution in [3.05, 3.63) is 64.6 Å². The monoisotopic (exact) mass is 447 g/mol. The van der Waals surface area contributed by atoms with Crippen molar-refractivity contribution in [1.82, 2.24) is 25.6 Å². The number of hydrazine groups is 1. The molecule has 0 spiro atoms. The maximum absolute atomic E-state index is 13.9. The van der Waals surface area contributed by atoms with Crippen LogP contribution in [0.3, 0.4) is 0 Å². The number of hydrogen-bond donors (Lipinski definition) is 4. The number of amides is 3. The van der Waals surface area contributed by atoms with Crippen LogP contribution in [0.5, 0.6) is 5.75 Å². The molecule has 12 heteroatoms. The Hall–Kier alpha value is -4.22. The number of aromatic nitrogens is 2. The molecule has 2 aromatic heterocycles. The zero-order valence-corrected chi connectivity index (χ0v) is 17.0. The molecule has 0 saturated carbocycles. The molecule has 0 aliphatic heterocycles. The van der Waals surface area contributed by atoms with Gasteiger partial charge < -0.3 is 15.2 Å². The van der Waals surface area contributed by atoms with Crippen LogP contribution in [0.1, 0.15) is 27.3 Å². The summed E-state index contributed by atoms with van der Waals surface area (Å²) in [6, 6.07) is 5.10. The van der Waals surface area contributed by atoms with Crippen molar-refractivity contribution in [1.29, 1.82) is 0 Å². The molecule has 168 valence electrons. The van der Waals surface area contributed by atoms with Gasteiger partial charge in [0.25, 0.3) is 11.8 Å². The lowest BCUT2D eigenvalue weighted by Gasteiger charge is -2.11. The van der Waals surface area contributed by atoms with Gasteiger partial charge in [-0.05, 0) is 37.6 Å². The second kappa shape index (κ2) is 9.29. The smallest absolute Gasteiger partial charge is 0.405 e. The Labute approximate surface area is 180 Å². The fraction of sp³-hybridized carbons (Fsp3) is 0.200. The molecule has 3 rings (SSSR count). The van der Waals surface area contributed by atoms with Gasteiger partial charge in [-0.2, -0.15) is 0 Å². The van der Waals surface area contributed by atoms with Gasteiger partial charge in [-0.1, -0.05) is 6.07 Å². The van der Waals surface area contributed by atoms with E-state index in [9.17, 15) is 23.2 Å². The van der Waals surface area contributed by atoms with E-state index in [2.05, 4.69) is 15.8 Å². The summed E-state index contributed by atoms with van der Waals surface area (Å²) in [4.78, 5) is 38.9. The predicted octanol–water partition coefficient (Wildman–Crippen LogP) is 1.84. The van der Waals surface area contributed by atoms with Crippen molar-refractivity contribution < 1.29 is 33.0 Å². The molecular weight excluding hydrogens is 428 g/mol. The van der Waals surface area contributed by atoms with Crippen molar-refractivity contribution in [3.8, 4) is 5.75 Å². The largest absolute Gasteiger partial charge is 0.485 e. The Morgan fingerprint density at radius 2 is 1.84 bits per heavy atom. The number of ether oxygens (including phenoxy) is 1. The Morgan fingerprint density at radius 3 is 2.50 bits per heavy atom. The minimum Gasteiger partial charge on any atom is -0.485 e. The molecule has 0 aliphatic rings. The summed E-state index contributed by atoms with van der Waals surface area (Å²) < 4.78 is 34.9. The van der Waals surface area contributed by atoms with Crippen LogP contribution in [-0.2, 0) is 11.4 Å². The number of rotatable bonds is 6. The summed E-state index contributed by atoms with van der Waals surface area (Å²) in [5.74, 6) is -2.79. The summed E-state index contributed by atoms with van der Waals surface area (Å²) in [6.45, 7) is 2.35. The zero-order valence-electron chi connectivity index (χ0n) is 17.0. The number of aryl methyl sites for hydroxylation is 2. The molecule has 32 heavy (non-hydrogen) atoms. The van der Waals surface area contributed by atoms with Crippen LogP contribution in [0.25, 0.3) is 5.65 Å². The van der Waals surface area contributed by atoms with Gasteiger partial charge in [0.1, 0.15) is 30.5 Å². The number of hydrogen-bond acceptors (Lipinski definition) is 5. The molecule has 0 unspecified atom stereocenters. The zero-order chi connectivity index (χ0) is 23.4. The van der Waals surface area contributed by atoms with Crippen LogP contribution >= 0.6 is 0 Å². The van der Waals surface area contributed by atoms with Crippen molar-refractivity contribution in [2.75, 3.05) is 6.54 Å². The molecule has 0 atom stereocenters. The molecule has 3 aromatic rings. The number of fused-ring (bicyclic) bond motifs is 1. The lowest BCUT2D eigenvalue weighted by atomic mass is 10.2. The summed E-state index contributed by atoms with van der Waals surface area (Å²) in [7, 11) is 0. The lowest BCUT2D eigenvalue weighted by molar-refractivity contribution is -0.120. The fourth-order valence-electron chi connectivity index (χ4n) is 2.94. The number of nitrogens with one attached hydrogen (secondary N) is 3. The minimum atomic E-state index is -1.39. The van der Waals surface area contributed by atoms with Gasteiger partial charge in [0, 0.05) is 6.20 Å². The van der Waals surface area contributed by atoms with Crippen LogP contribution in [0, 0.1) is 25.5 Å². The van der Waals surface area contributed by atoms with Gasteiger partial charge >= 0.3 is 6.09 Å². The van der Waals surface area contributed by atoms with E-state index in [1.165, 1.54) is 10.5 Å². The molecule has 1 aromatic carbocycles. The van der Waals surface area contributed by atoms with Crippen molar-refractivity contribution >= 4 is 23.6 Å². The van der Waals surface area contributed by atoms with Crippen molar-refractivity contribution in [2.45, 2.75) is 20.5 Å². The van der Waals surface area contributed by atoms with Gasteiger partial charge in [-0.3, -0.25) is 24.8 Å². The number of carbonyl (C=O) groups is 3. The fourth-order valence-corrected chi connectivity index (χ4v) is 2.94. The highest BCUT2D eigenvalue weighted by Gasteiger charge is 2.20. The molecule has 0 fully saturated rings. The maximum atomic E-state index is 13.9. The van der Waals surface area contributed by atoms with E-state index in [1.807, 2.05) is 5.32 Å². The molecule has 0 bridgehead atoms. The number of pyridine rings is 1. The van der Waals surface area contributed by atoms with Gasteiger partial charge in [-0.25, -0.2) is 18.6 Å². The highest BCUT2D eigenvalue weighted by Crippen LogP contribution is 2.25. The summed E-state index contributed by atoms with van der Waals surface area (Å²) >= 11 is 0. The molecule has 0 saturated heterocycles. The average molecular weight is 447 g/mol. The average Bonchev–Trinajstić information content (AvgIpc) is 3.05. The third-order valence-electron chi connectivity index (χ3n) is 4.36. The quantitative estimate of drug-likeness (QED) is 0.426. The first-order chi connectivity index (χ1) is 15.2. The first kappa shape index (κ1) is 22.5. The number of nitrogens with zero attached hydrogens (tertiary/aromatic N) is 2. The van der Waals surface area contributed by atoms with Crippen LogP contribution < -0.4 is 20.9 Å². The van der Waals surface area contributed by atoms with Crippen LogP contribution in [0.2, 0.25) is 0 Å². The highest BCUT2D eigenvalue weighted by molar-refractivity contribution is 5.96. The number of imidazole rings is 1. The van der Waals surface area contributed by atoms with Gasteiger partial charge in [0.2, 0.25) is 0 Å². The van der Waals surface area contributed by atoms with Crippen LogP contribution in [-0.4, -0.2) is 38.9 Å². The second-order valence-corrected chi connectivity index (χ2v) is 6.77. The highest BCUT2D eigenvalue weighted by atomic mass is 19.1. The van der Waals surface area contributed by atoms with E-state index >= 15 is 0 Å². The topological polar surface area (TPSA) is 134 Å². The van der Waals surface area contributed by atoms with E-state index in [4.69, 9.17) is 9.84 Å². The molecule has 0 radical (unpaired) electrons. The Kier molecular flexibility index (Phi) is 6.52. The van der Waals surface area contributed by atoms with Gasteiger partial charge in [-0.15, -0.1) is 0 Å². The molecule has 10 nitrogen and oxygen atoms in total. The van der Waals surface area contributed by atoms with E-state index in [0.29, 0.717) is 11.3 Å². The molecule has 0 aliphatic carbocycles. The number of carboxylic acid groups (broad SMARTS) is 1. The summed E-state index contributed by atoms with van der Waals surface area (Å²) in [6.07, 6.45) is 0.219. The summed E-state index contributed by atoms with van der Waals surface area (Å²) in [5.41, 5.74) is 5.30. The second-order valence-electron chi connectivity index (χ2n) is 6.77. The van der Waals surface area contributed by atoms with Crippen LogP contribution in [0.15, 0.2) is 30.5 Å². The molecule has 3 amide bonds. The third kappa shape index (κ3) is 4.91. The van der Waals surface area contributed by atoms with Crippen molar-refractivity contribution in [3.63, 3.8) is 0 Å². The minimum absolute atomic E-state index is 0.0807. The number of carbonyl (C=O) groups excluding carboxylic acids is 2. The molecule has 4 N–H and O–H groups in total. The van der Waals surface area contributed by atoms with Gasteiger partial charge in [0.05, 0.1) is 11.3 Å². The van der Waals surface area contributed by atoms with E-state index in [-0.39, 0.29) is 22.7 Å². The van der Waals surface area contributed by atoms with E-state index < -0.39 is 42.7 Å². The number of benzene rings is 1.